The van der Waals surface area contributed by atoms with Gasteiger partial charge in [-0.3, -0.25) is 33.7 Å². The molecule has 0 aromatic heterocycles. The molecule has 3 aliphatic rings. The van der Waals surface area contributed by atoms with Crippen LogP contribution in [-0.4, -0.2) is 89.6 Å². The highest BCUT2D eigenvalue weighted by Crippen LogP contribution is 2.52. The van der Waals surface area contributed by atoms with Crippen molar-refractivity contribution in [3.63, 3.8) is 0 Å². The highest BCUT2D eigenvalue weighted by Gasteiger charge is 2.69. The van der Waals surface area contributed by atoms with Gasteiger partial charge in [-0.05, 0) is 99.5 Å². The predicted molar refractivity (Wildman–Crippen MR) is 192 cm³/mol. The second-order valence-corrected chi connectivity index (χ2v) is 14.5. The summed E-state index contributed by atoms with van der Waals surface area (Å²) >= 11 is 0. The van der Waals surface area contributed by atoms with E-state index in [1.807, 2.05) is 42.5 Å². The Kier molecular flexibility index (Phi) is 10.4. The molecule has 0 radical (unpaired) electrons. The Balaban J connectivity index is 1.37. The fourth-order valence-corrected chi connectivity index (χ4v) is 8.78. The first-order valence-corrected chi connectivity index (χ1v) is 17.8. The van der Waals surface area contributed by atoms with Gasteiger partial charge in [-0.2, -0.15) is 0 Å². The van der Waals surface area contributed by atoms with E-state index in [1.165, 1.54) is 18.1 Å². The van der Waals surface area contributed by atoms with Crippen molar-refractivity contribution in [1.29, 1.82) is 0 Å². The van der Waals surface area contributed by atoms with Crippen LogP contribution in [0.3, 0.4) is 0 Å². The molecule has 0 saturated heterocycles. The van der Waals surface area contributed by atoms with Gasteiger partial charge in [-0.1, -0.05) is 42.5 Å². The van der Waals surface area contributed by atoms with Crippen LogP contribution in [0.15, 0.2) is 60.7 Å². The van der Waals surface area contributed by atoms with Gasteiger partial charge in [0, 0.05) is 11.5 Å². The number of ketones is 4. The molecule has 12 heteroatoms. The van der Waals surface area contributed by atoms with Gasteiger partial charge in [-0.15, -0.1) is 0 Å². The zero-order valence-electron chi connectivity index (χ0n) is 30.2. The van der Waals surface area contributed by atoms with Gasteiger partial charge in [0.25, 0.3) is 0 Å². The van der Waals surface area contributed by atoms with E-state index in [2.05, 4.69) is 0 Å². The number of ether oxygens (including phenoxy) is 2. The van der Waals surface area contributed by atoms with Gasteiger partial charge in [0.1, 0.15) is 11.5 Å². The Hall–Kier alpha value is -5.20. The summed E-state index contributed by atoms with van der Waals surface area (Å²) in [4.78, 5) is 82.3. The molecule has 0 spiro atoms. The minimum absolute atomic E-state index is 0.0627. The molecule has 278 valence electrons. The SMILES string of the molecule is CCOC(=O)C(CCc1ccc(OC)c(-c2ccc(O)c3c2C[C@@H]2C[C@@H]4[C@@H](N(C)C)C(=O)C(C(N)=O)C(=O)[C@]4(O)C(=O)C2C3=O)c1)Cc1ccccc1. The topological polar surface area (TPSA) is 191 Å². The van der Waals surface area contributed by atoms with Crippen LogP contribution in [0.1, 0.15) is 46.8 Å². The van der Waals surface area contributed by atoms with E-state index in [9.17, 15) is 39.0 Å². The number of primary amides is 1. The van der Waals surface area contributed by atoms with Gasteiger partial charge >= 0.3 is 5.97 Å². The number of carbonyl (C=O) groups excluding carboxylic acids is 6. The summed E-state index contributed by atoms with van der Waals surface area (Å²) in [7, 11) is 4.60. The van der Waals surface area contributed by atoms with E-state index in [1.54, 1.807) is 33.2 Å². The monoisotopic (exact) mass is 724 g/mol. The molecule has 1 amide bonds. The van der Waals surface area contributed by atoms with Gasteiger partial charge in [-0.25, -0.2) is 0 Å². The quantitative estimate of drug-likeness (QED) is 0.195. The number of aromatic hydroxyl groups is 1. The molecule has 0 aliphatic heterocycles. The largest absolute Gasteiger partial charge is 0.507 e. The second-order valence-electron chi connectivity index (χ2n) is 14.5. The Morgan fingerprint density at radius 1 is 0.981 bits per heavy atom. The molecule has 7 atom stereocenters. The summed E-state index contributed by atoms with van der Waals surface area (Å²) in [6.45, 7) is 2.04. The highest BCUT2D eigenvalue weighted by atomic mass is 16.5. The van der Waals surface area contributed by atoms with Crippen molar-refractivity contribution in [2.24, 2.45) is 35.3 Å². The molecule has 2 saturated carbocycles. The number of amides is 1. The summed E-state index contributed by atoms with van der Waals surface area (Å²) in [5.41, 5.74) is 6.09. The summed E-state index contributed by atoms with van der Waals surface area (Å²) in [5, 5.41) is 23.0. The zero-order chi connectivity index (χ0) is 38.4. The molecule has 53 heavy (non-hydrogen) atoms. The molecule has 3 aromatic carbocycles. The Morgan fingerprint density at radius 3 is 2.34 bits per heavy atom. The van der Waals surface area contributed by atoms with Gasteiger partial charge in [0.2, 0.25) is 5.91 Å². The highest BCUT2D eigenvalue weighted by molar-refractivity contribution is 6.32. The minimum atomic E-state index is -2.80. The number of methoxy groups -OCH3 is 1. The number of aryl methyl sites for hydroxylation is 1. The zero-order valence-corrected chi connectivity index (χ0v) is 30.2. The molecular formula is C41H44N2O10. The van der Waals surface area contributed by atoms with Gasteiger partial charge < -0.3 is 25.4 Å². The maximum atomic E-state index is 14.3. The van der Waals surface area contributed by atoms with Crippen molar-refractivity contribution in [1.82, 2.24) is 4.90 Å². The van der Waals surface area contributed by atoms with Crippen LogP contribution in [0, 0.1) is 29.6 Å². The fourth-order valence-electron chi connectivity index (χ4n) is 8.78. The fraction of sp³-hybridized carbons (Fsp3) is 0.415. The van der Waals surface area contributed by atoms with Gasteiger partial charge in [0.15, 0.2) is 34.7 Å². The number of nitrogens with zero attached hydrogens (tertiary/aromatic N) is 1. The predicted octanol–water partition coefficient (Wildman–Crippen LogP) is 2.90. The average Bonchev–Trinajstić information content (AvgIpc) is 3.12. The standard InChI is InChI=1S/C41H44N2O10/c1-5-53-40(50)23(17-21-9-7-6-8-10-21)13-11-22-12-16-30(52-4)26(18-22)25-14-15-29(44)32-27(25)19-24-20-28-34(43(2)3)36(46)33(39(42)49)38(48)41(28,51)37(47)31(24)35(32)45/h6-10,12,14-16,18,23-24,28,31,33-34,44,51H,5,11,13,17,19-20H2,1-4H3,(H2,42,49)/t23?,24-,28-,31?,33?,34-,41-/m1/s1. The number of carbonyl (C=O) groups is 6. The van der Waals surface area contributed by atoms with Crippen LogP contribution >= 0.6 is 0 Å². The van der Waals surface area contributed by atoms with Crippen molar-refractivity contribution >= 4 is 35.0 Å². The number of esters is 1. The van der Waals surface area contributed by atoms with E-state index in [0.717, 1.165) is 11.1 Å². The van der Waals surface area contributed by atoms with E-state index < -0.39 is 64.4 Å². The van der Waals surface area contributed by atoms with Crippen LogP contribution in [-0.2, 0) is 48.0 Å². The third kappa shape index (κ3) is 6.44. The third-order valence-corrected chi connectivity index (χ3v) is 11.2. The minimum Gasteiger partial charge on any atom is -0.507 e. The summed E-state index contributed by atoms with van der Waals surface area (Å²) in [5.74, 6) is -11.3. The maximum absolute atomic E-state index is 14.3. The lowest BCUT2D eigenvalue weighted by atomic mass is 9.52. The van der Waals surface area contributed by atoms with Crippen molar-refractivity contribution in [2.75, 3.05) is 27.8 Å². The van der Waals surface area contributed by atoms with E-state index in [0.29, 0.717) is 41.7 Å². The van der Waals surface area contributed by atoms with Gasteiger partial charge in [0.05, 0.1) is 37.2 Å². The normalized spacial score (nSPS) is 25.7. The number of fused-ring (bicyclic) bond motifs is 3. The van der Waals surface area contributed by atoms with Crippen molar-refractivity contribution in [3.8, 4) is 22.6 Å². The lowest BCUT2D eigenvalue weighted by Gasteiger charge is -2.52. The summed E-state index contributed by atoms with van der Waals surface area (Å²) in [6, 6.07) is 17.2. The van der Waals surface area contributed by atoms with Crippen molar-refractivity contribution in [3.05, 3.63) is 82.9 Å². The molecule has 4 N–H and O–H groups in total. The average molecular weight is 725 g/mol. The molecule has 3 aromatic rings. The smallest absolute Gasteiger partial charge is 0.309 e. The number of likely N-dealkylation sites (N-methyl/N-ethyl adjacent to an activating group) is 1. The Bertz CT molecular complexity index is 1990. The Labute approximate surface area is 307 Å². The summed E-state index contributed by atoms with van der Waals surface area (Å²) < 4.78 is 11.2. The molecule has 2 fully saturated rings. The molecule has 6 rings (SSSR count). The number of benzene rings is 3. The van der Waals surface area contributed by atoms with E-state index >= 15 is 0 Å². The van der Waals surface area contributed by atoms with E-state index in [4.69, 9.17) is 15.2 Å². The first kappa shape index (κ1) is 37.6. The van der Waals surface area contributed by atoms with Crippen LogP contribution in [0.25, 0.3) is 11.1 Å². The van der Waals surface area contributed by atoms with Crippen LogP contribution in [0.5, 0.6) is 11.5 Å². The second kappa shape index (κ2) is 14.7. The molecule has 3 unspecified atom stereocenters. The molecule has 3 aliphatic carbocycles. The number of rotatable bonds is 11. The number of Topliss-reactive ketones (excluding diaryl/α,β-unsaturated/α-hetero) is 4. The lowest BCUT2D eigenvalue weighted by molar-refractivity contribution is -0.181. The number of hydrogen-bond donors (Lipinski definition) is 3. The van der Waals surface area contributed by atoms with E-state index in [-0.39, 0.29) is 42.6 Å². The first-order valence-electron chi connectivity index (χ1n) is 17.8. The van der Waals surface area contributed by atoms with Crippen molar-refractivity contribution in [2.45, 2.75) is 50.7 Å². The molecular weight excluding hydrogens is 680 g/mol. The number of hydrogen-bond acceptors (Lipinski definition) is 11. The lowest BCUT2D eigenvalue weighted by Crippen LogP contribution is -2.74. The van der Waals surface area contributed by atoms with Crippen LogP contribution in [0.2, 0.25) is 0 Å². The summed E-state index contributed by atoms with van der Waals surface area (Å²) in [6.07, 6.45) is 1.58. The van der Waals surface area contributed by atoms with Crippen LogP contribution < -0.4 is 10.5 Å². The third-order valence-electron chi connectivity index (χ3n) is 11.2. The number of phenolic OH excluding ortho intramolecular Hbond substituents is 1. The first-order chi connectivity index (χ1) is 25.2. The number of phenols is 1. The van der Waals surface area contributed by atoms with Crippen LogP contribution in [0.4, 0.5) is 0 Å². The van der Waals surface area contributed by atoms with Crippen molar-refractivity contribution < 1.29 is 48.5 Å². The number of aliphatic hydroxyl groups is 1. The number of nitrogens with two attached hydrogens (primary N) is 1. The molecule has 0 bridgehead atoms. The molecule has 0 heterocycles. The maximum Gasteiger partial charge on any atom is 0.309 e. The molecule has 12 nitrogen and oxygen atoms in total. The Morgan fingerprint density at radius 2 is 1.70 bits per heavy atom.